The lowest BCUT2D eigenvalue weighted by Gasteiger charge is -2.08. The molecular formula is C14H18N4O3S2. The van der Waals surface area contributed by atoms with E-state index in [0.717, 1.165) is 19.3 Å². The molecule has 9 heteroatoms. The monoisotopic (exact) mass is 354 g/mol. The molecule has 0 radical (unpaired) electrons. The van der Waals surface area contributed by atoms with Crippen LogP contribution in [0.3, 0.4) is 0 Å². The topological polar surface area (TPSA) is 93.1 Å². The summed E-state index contributed by atoms with van der Waals surface area (Å²) in [6.45, 7) is 3.29. The fraction of sp³-hybridized carbons (Fsp3) is 0.429. The normalized spacial score (nSPS) is 14.0. The maximum absolute atomic E-state index is 12.4. The summed E-state index contributed by atoms with van der Waals surface area (Å²) in [7, 11) is -2.19. The minimum Gasteiger partial charge on any atom is -0.273 e. The van der Waals surface area contributed by atoms with Crippen LogP contribution in [0.4, 0.5) is 0 Å². The van der Waals surface area contributed by atoms with Gasteiger partial charge in [0.1, 0.15) is 4.90 Å². The van der Waals surface area contributed by atoms with Gasteiger partial charge in [-0.15, -0.1) is 16.2 Å². The van der Waals surface area contributed by atoms with Crippen molar-refractivity contribution in [1.82, 2.24) is 20.0 Å². The number of fused-ring (bicyclic) bond motifs is 1. The Labute approximate surface area is 138 Å². The molecule has 0 aromatic carbocycles. The second-order valence-electron chi connectivity index (χ2n) is 5.60. The summed E-state index contributed by atoms with van der Waals surface area (Å²) in [4.78, 5) is 16.2. The summed E-state index contributed by atoms with van der Waals surface area (Å²) < 4.78 is 26.3. The van der Waals surface area contributed by atoms with Crippen LogP contribution in [0.1, 0.15) is 37.9 Å². The molecule has 0 saturated heterocycles. The van der Waals surface area contributed by atoms with E-state index in [1.54, 1.807) is 20.9 Å². The van der Waals surface area contributed by atoms with Gasteiger partial charge < -0.3 is 0 Å². The van der Waals surface area contributed by atoms with Gasteiger partial charge >= 0.3 is 0 Å². The Balaban J connectivity index is 1.75. The average Bonchev–Trinajstić information content (AvgIpc) is 3.11. The number of nitrogens with zero attached hydrogens (tertiary/aromatic N) is 2. The quantitative estimate of drug-likeness (QED) is 0.807. The number of hydrogen-bond donors (Lipinski definition) is 2. The molecule has 1 amide bonds. The summed E-state index contributed by atoms with van der Waals surface area (Å²) >= 11 is 1.42. The molecule has 7 nitrogen and oxygen atoms in total. The van der Waals surface area contributed by atoms with E-state index in [2.05, 4.69) is 15.4 Å². The highest BCUT2D eigenvalue weighted by atomic mass is 32.2. The number of sulfonamides is 1. The van der Waals surface area contributed by atoms with E-state index in [-0.39, 0.29) is 4.90 Å². The van der Waals surface area contributed by atoms with Gasteiger partial charge in [-0.3, -0.25) is 14.9 Å². The summed E-state index contributed by atoms with van der Waals surface area (Å²) in [5.74, 6) is -0.438. The Hall–Kier alpha value is -1.71. The SMILES string of the molecule is Cc1nn(C)c(C)c1S(=O)(=O)NNC(=O)c1cc2c(s1)CCC2. The predicted octanol–water partition coefficient (Wildman–Crippen LogP) is 1.21. The van der Waals surface area contributed by atoms with Gasteiger partial charge in [-0.25, -0.2) is 8.42 Å². The van der Waals surface area contributed by atoms with E-state index >= 15 is 0 Å². The maximum Gasteiger partial charge on any atom is 0.276 e. The summed E-state index contributed by atoms with van der Waals surface area (Å²) in [6.07, 6.45) is 3.10. The van der Waals surface area contributed by atoms with Gasteiger partial charge in [0.25, 0.3) is 15.9 Å². The van der Waals surface area contributed by atoms with Crippen LogP contribution in [-0.2, 0) is 29.9 Å². The molecule has 1 aliphatic carbocycles. The second-order valence-corrected chi connectivity index (χ2v) is 8.35. The smallest absolute Gasteiger partial charge is 0.273 e. The van der Waals surface area contributed by atoms with Crippen molar-refractivity contribution in [3.8, 4) is 0 Å². The first kappa shape index (κ1) is 16.2. The lowest BCUT2D eigenvalue weighted by atomic mass is 10.2. The van der Waals surface area contributed by atoms with Crippen molar-refractivity contribution in [1.29, 1.82) is 0 Å². The third kappa shape index (κ3) is 2.91. The zero-order valence-corrected chi connectivity index (χ0v) is 14.8. The first-order valence-electron chi connectivity index (χ1n) is 7.23. The third-order valence-corrected chi connectivity index (χ3v) is 6.72. The van der Waals surface area contributed by atoms with Gasteiger partial charge in [0.05, 0.1) is 16.3 Å². The molecule has 0 atom stereocenters. The number of carbonyl (C=O) groups is 1. The van der Waals surface area contributed by atoms with E-state index in [9.17, 15) is 13.2 Å². The fourth-order valence-corrected chi connectivity index (χ4v) is 5.24. The molecule has 124 valence electrons. The molecule has 2 aromatic heterocycles. The Kier molecular flexibility index (Phi) is 4.03. The highest BCUT2D eigenvalue weighted by Gasteiger charge is 2.25. The van der Waals surface area contributed by atoms with Crippen LogP contribution in [0.15, 0.2) is 11.0 Å². The van der Waals surface area contributed by atoms with Crippen molar-refractivity contribution in [2.24, 2.45) is 7.05 Å². The van der Waals surface area contributed by atoms with Crippen molar-refractivity contribution < 1.29 is 13.2 Å². The molecule has 1 aliphatic rings. The number of amides is 1. The molecular weight excluding hydrogens is 336 g/mol. The van der Waals surface area contributed by atoms with Crippen LogP contribution in [0.25, 0.3) is 0 Å². The molecule has 0 aliphatic heterocycles. The third-order valence-electron chi connectivity index (χ3n) is 3.98. The van der Waals surface area contributed by atoms with Gasteiger partial charge in [0, 0.05) is 11.9 Å². The molecule has 2 heterocycles. The Morgan fingerprint density at radius 2 is 2.09 bits per heavy atom. The molecule has 0 saturated carbocycles. The van der Waals surface area contributed by atoms with Gasteiger partial charge in [0.15, 0.2) is 0 Å². The Morgan fingerprint density at radius 1 is 1.35 bits per heavy atom. The minimum atomic E-state index is -3.86. The first-order valence-corrected chi connectivity index (χ1v) is 9.53. The number of rotatable bonds is 4. The predicted molar refractivity (Wildman–Crippen MR) is 86.8 cm³/mol. The van der Waals surface area contributed by atoms with Gasteiger partial charge in [-0.2, -0.15) is 5.10 Å². The van der Waals surface area contributed by atoms with Gasteiger partial charge in [0.2, 0.25) is 0 Å². The fourth-order valence-electron chi connectivity index (χ4n) is 2.81. The zero-order chi connectivity index (χ0) is 16.8. The number of aromatic nitrogens is 2. The van der Waals surface area contributed by atoms with Crippen molar-refractivity contribution in [2.75, 3.05) is 0 Å². The molecule has 0 unspecified atom stereocenters. The molecule has 0 spiro atoms. The van der Waals surface area contributed by atoms with E-state index in [1.165, 1.54) is 26.5 Å². The van der Waals surface area contributed by atoms with Crippen molar-refractivity contribution in [2.45, 2.75) is 38.0 Å². The maximum atomic E-state index is 12.4. The van der Waals surface area contributed by atoms with E-state index in [0.29, 0.717) is 16.3 Å². The van der Waals surface area contributed by atoms with Crippen LogP contribution in [0, 0.1) is 13.8 Å². The molecule has 2 N–H and O–H groups in total. The van der Waals surface area contributed by atoms with Crippen LogP contribution < -0.4 is 10.3 Å². The van der Waals surface area contributed by atoms with Crippen molar-refractivity contribution >= 4 is 27.3 Å². The number of aryl methyl sites for hydroxylation is 4. The van der Waals surface area contributed by atoms with E-state index in [4.69, 9.17) is 0 Å². The minimum absolute atomic E-state index is 0.0916. The first-order chi connectivity index (χ1) is 10.8. The summed E-state index contributed by atoms with van der Waals surface area (Å²) in [5, 5.41) is 4.08. The van der Waals surface area contributed by atoms with Crippen LogP contribution >= 0.6 is 11.3 Å². The number of hydrogen-bond acceptors (Lipinski definition) is 5. The Bertz CT molecular complexity index is 859. The number of carbonyl (C=O) groups excluding carboxylic acids is 1. The second kappa shape index (κ2) is 5.73. The largest absolute Gasteiger partial charge is 0.276 e. The standard InChI is InChI=1S/C14H18N4O3S2/c1-8-13(9(2)18(3)16-8)23(20,21)17-15-14(19)12-7-10-5-4-6-11(10)22-12/h7,17H,4-6H2,1-3H3,(H,15,19). The van der Waals surface area contributed by atoms with E-state index < -0.39 is 15.9 Å². The van der Waals surface area contributed by atoms with Crippen molar-refractivity contribution in [3.05, 3.63) is 32.8 Å². The van der Waals surface area contributed by atoms with Crippen LogP contribution in [-0.4, -0.2) is 24.1 Å². The number of nitrogens with one attached hydrogen (secondary N) is 2. The van der Waals surface area contributed by atoms with Gasteiger partial charge in [-0.1, -0.05) is 0 Å². The average molecular weight is 354 g/mol. The molecule has 23 heavy (non-hydrogen) atoms. The Morgan fingerprint density at radius 3 is 2.70 bits per heavy atom. The number of hydrazine groups is 1. The lowest BCUT2D eigenvalue weighted by molar-refractivity contribution is 0.0949. The summed E-state index contributed by atoms with van der Waals surface area (Å²) in [5.41, 5.74) is 4.39. The molecule has 0 fully saturated rings. The molecule has 0 bridgehead atoms. The van der Waals surface area contributed by atoms with Crippen molar-refractivity contribution in [3.63, 3.8) is 0 Å². The molecule has 2 aromatic rings. The highest BCUT2D eigenvalue weighted by Crippen LogP contribution is 2.30. The van der Waals surface area contributed by atoms with Crippen LogP contribution in [0.2, 0.25) is 0 Å². The van der Waals surface area contributed by atoms with Gasteiger partial charge in [-0.05, 0) is 44.7 Å². The van der Waals surface area contributed by atoms with E-state index in [1.807, 2.05) is 6.07 Å². The number of thiophene rings is 1. The zero-order valence-electron chi connectivity index (χ0n) is 13.1. The molecule has 3 rings (SSSR count). The van der Waals surface area contributed by atoms with Crippen LogP contribution in [0.5, 0.6) is 0 Å². The lowest BCUT2D eigenvalue weighted by Crippen LogP contribution is -2.41. The summed E-state index contributed by atoms with van der Waals surface area (Å²) in [6, 6.07) is 1.84. The highest BCUT2D eigenvalue weighted by molar-refractivity contribution is 7.89.